The molecule has 0 saturated heterocycles. The summed E-state index contributed by atoms with van der Waals surface area (Å²) in [7, 11) is 0. The fraction of sp³-hybridized carbons (Fsp3) is 0.167. The van der Waals surface area contributed by atoms with Crippen LogP contribution in [0.1, 0.15) is 6.92 Å². The molecule has 2 rings (SSSR count). The summed E-state index contributed by atoms with van der Waals surface area (Å²) >= 11 is 3.24. The van der Waals surface area contributed by atoms with Crippen molar-refractivity contribution in [1.29, 1.82) is 0 Å². The molecular weight excluding hydrogens is 301 g/mol. The number of aromatic nitrogens is 2. The number of hydrogen-bond acceptors (Lipinski definition) is 4. The topological polar surface area (TPSA) is 47.0 Å². The lowest BCUT2D eigenvalue weighted by Gasteiger charge is -2.08. The summed E-state index contributed by atoms with van der Waals surface area (Å²) < 4.78 is 19.5. The van der Waals surface area contributed by atoms with Crippen molar-refractivity contribution in [2.24, 2.45) is 0 Å². The van der Waals surface area contributed by atoms with Gasteiger partial charge in [-0.3, -0.25) is 0 Å². The zero-order valence-corrected chi connectivity index (χ0v) is 11.2. The van der Waals surface area contributed by atoms with E-state index in [0.29, 0.717) is 18.2 Å². The highest BCUT2D eigenvalue weighted by atomic mass is 79.9. The first kappa shape index (κ1) is 12.8. The second-order valence-corrected chi connectivity index (χ2v) is 4.34. The van der Waals surface area contributed by atoms with Crippen LogP contribution in [0.5, 0.6) is 5.75 Å². The maximum Gasteiger partial charge on any atom is 0.227 e. The third-order valence-corrected chi connectivity index (χ3v) is 2.52. The van der Waals surface area contributed by atoms with Crippen molar-refractivity contribution in [3.05, 3.63) is 40.9 Å². The molecule has 0 amide bonds. The Bertz CT molecular complexity index is 533. The van der Waals surface area contributed by atoms with Crippen molar-refractivity contribution in [3.63, 3.8) is 0 Å². The summed E-state index contributed by atoms with van der Waals surface area (Å²) in [6, 6.07) is 4.62. The molecule has 0 unspecified atom stereocenters. The number of ether oxygens (including phenoxy) is 1. The monoisotopic (exact) mass is 311 g/mol. The molecule has 0 aliphatic rings. The average Bonchev–Trinajstić information content (AvgIpc) is 2.36. The highest BCUT2D eigenvalue weighted by molar-refractivity contribution is 9.10. The van der Waals surface area contributed by atoms with Crippen LogP contribution < -0.4 is 10.1 Å². The molecule has 1 aromatic heterocycles. The molecule has 1 heterocycles. The van der Waals surface area contributed by atoms with E-state index in [4.69, 9.17) is 4.74 Å². The number of rotatable bonds is 4. The predicted molar refractivity (Wildman–Crippen MR) is 70.6 cm³/mol. The van der Waals surface area contributed by atoms with Crippen LogP contribution >= 0.6 is 15.9 Å². The quantitative estimate of drug-likeness (QED) is 0.938. The Morgan fingerprint density at radius 2 is 2.06 bits per heavy atom. The van der Waals surface area contributed by atoms with Gasteiger partial charge in [-0.25, -0.2) is 14.4 Å². The van der Waals surface area contributed by atoms with Crippen molar-refractivity contribution >= 4 is 27.6 Å². The Labute approximate surface area is 112 Å². The van der Waals surface area contributed by atoms with E-state index in [1.807, 2.05) is 0 Å². The number of nitrogens with one attached hydrogen (secondary N) is 1. The lowest BCUT2D eigenvalue weighted by Crippen LogP contribution is -1.98. The fourth-order valence-corrected chi connectivity index (χ4v) is 1.56. The molecular formula is C12H11BrFN3O. The number of anilines is 2. The molecule has 18 heavy (non-hydrogen) atoms. The first-order chi connectivity index (χ1) is 8.69. The molecule has 0 atom stereocenters. The van der Waals surface area contributed by atoms with Crippen LogP contribution in [0.25, 0.3) is 0 Å². The lowest BCUT2D eigenvalue weighted by atomic mass is 10.3. The minimum absolute atomic E-state index is 0.236. The van der Waals surface area contributed by atoms with Gasteiger partial charge in [-0.2, -0.15) is 0 Å². The van der Waals surface area contributed by atoms with Crippen LogP contribution in [0, 0.1) is 5.82 Å². The van der Waals surface area contributed by atoms with E-state index in [0.717, 1.165) is 4.47 Å². The van der Waals surface area contributed by atoms with Crippen LogP contribution in [0.15, 0.2) is 35.1 Å². The largest absolute Gasteiger partial charge is 0.491 e. The van der Waals surface area contributed by atoms with Gasteiger partial charge in [0, 0.05) is 24.1 Å². The second kappa shape index (κ2) is 5.77. The Kier molecular flexibility index (Phi) is 4.09. The summed E-state index contributed by atoms with van der Waals surface area (Å²) in [5.41, 5.74) is 0.568. The van der Waals surface area contributed by atoms with E-state index >= 15 is 0 Å². The minimum Gasteiger partial charge on any atom is -0.491 e. The predicted octanol–water partition coefficient (Wildman–Crippen LogP) is 3.52. The fourth-order valence-electron chi connectivity index (χ4n) is 1.36. The molecule has 94 valence electrons. The molecule has 0 spiro atoms. The molecule has 1 aromatic carbocycles. The number of hydrogen-bond donors (Lipinski definition) is 1. The van der Waals surface area contributed by atoms with Crippen LogP contribution in [0.3, 0.4) is 0 Å². The van der Waals surface area contributed by atoms with Gasteiger partial charge in [-0.15, -0.1) is 0 Å². The summed E-state index contributed by atoms with van der Waals surface area (Å²) in [6.07, 6.45) is 3.22. The molecule has 4 nitrogen and oxygen atoms in total. The van der Waals surface area contributed by atoms with Crippen molar-refractivity contribution < 1.29 is 9.13 Å². The van der Waals surface area contributed by atoms with Gasteiger partial charge in [-0.1, -0.05) is 0 Å². The van der Waals surface area contributed by atoms with Gasteiger partial charge in [0.05, 0.1) is 11.1 Å². The highest BCUT2D eigenvalue weighted by Gasteiger charge is 2.05. The number of benzene rings is 1. The van der Waals surface area contributed by atoms with Crippen LogP contribution in [-0.2, 0) is 0 Å². The van der Waals surface area contributed by atoms with E-state index in [1.165, 1.54) is 6.07 Å². The number of nitrogens with zero attached hydrogens (tertiary/aromatic N) is 2. The molecule has 0 radical (unpaired) electrons. The molecule has 6 heteroatoms. The van der Waals surface area contributed by atoms with Crippen LogP contribution in [0.4, 0.5) is 16.0 Å². The Morgan fingerprint density at radius 3 is 2.67 bits per heavy atom. The van der Waals surface area contributed by atoms with Gasteiger partial charge in [0.2, 0.25) is 5.95 Å². The summed E-state index contributed by atoms with van der Waals surface area (Å²) in [5.74, 6) is 0.223. The van der Waals surface area contributed by atoms with E-state index in [9.17, 15) is 4.39 Å². The Morgan fingerprint density at radius 1 is 1.33 bits per heavy atom. The summed E-state index contributed by atoms with van der Waals surface area (Å²) in [4.78, 5) is 8.08. The summed E-state index contributed by atoms with van der Waals surface area (Å²) in [5, 5.41) is 2.90. The second-order valence-electron chi connectivity index (χ2n) is 3.43. The smallest absolute Gasteiger partial charge is 0.227 e. The van der Waals surface area contributed by atoms with Gasteiger partial charge < -0.3 is 10.1 Å². The van der Waals surface area contributed by atoms with Gasteiger partial charge >= 0.3 is 0 Å². The summed E-state index contributed by atoms with van der Waals surface area (Å²) in [6.45, 7) is 2.24. The maximum atomic E-state index is 13.6. The van der Waals surface area contributed by atoms with Crippen molar-refractivity contribution in [3.8, 4) is 5.75 Å². The SMILES string of the molecule is CCOc1ccc(Nc2ncc(Br)cn2)cc1F. The van der Waals surface area contributed by atoms with E-state index in [1.54, 1.807) is 31.5 Å². The molecule has 0 aliphatic heterocycles. The molecule has 1 N–H and O–H groups in total. The minimum atomic E-state index is -0.418. The normalized spacial score (nSPS) is 10.2. The molecule has 0 aliphatic carbocycles. The third kappa shape index (κ3) is 3.16. The van der Waals surface area contributed by atoms with Gasteiger partial charge in [0.15, 0.2) is 11.6 Å². The van der Waals surface area contributed by atoms with Crippen LogP contribution in [0.2, 0.25) is 0 Å². The van der Waals surface area contributed by atoms with Crippen molar-refractivity contribution in [2.45, 2.75) is 6.92 Å². The van der Waals surface area contributed by atoms with E-state index < -0.39 is 5.82 Å². The van der Waals surface area contributed by atoms with E-state index in [2.05, 4.69) is 31.2 Å². The number of halogens is 2. The molecule has 2 aromatic rings. The van der Waals surface area contributed by atoms with Gasteiger partial charge in [0.25, 0.3) is 0 Å². The first-order valence-electron chi connectivity index (χ1n) is 5.36. The molecule has 0 fully saturated rings. The van der Waals surface area contributed by atoms with Crippen molar-refractivity contribution in [2.75, 3.05) is 11.9 Å². The lowest BCUT2D eigenvalue weighted by molar-refractivity contribution is 0.321. The highest BCUT2D eigenvalue weighted by Crippen LogP contribution is 2.22. The standard InChI is InChI=1S/C12H11BrFN3O/c1-2-18-11-4-3-9(5-10(11)14)17-12-15-6-8(13)7-16-12/h3-7H,2H2,1H3,(H,15,16,17). The van der Waals surface area contributed by atoms with Gasteiger partial charge in [0.1, 0.15) is 0 Å². The van der Waals surface area contributed by atoms with Crippen molar-refractivity contribution in [1.82, 2.24) is 9.97 Å². The van der Waals surface area contributed by atoms with E-state index in [-0.39, 0.29) is 5.75 Å². The maximum absolute atomic E-state index is 13.6. The van der Waals surface area contributed by atoms with Crippen LogP contribution in [-0.4, -0.2) is 16.6 Å². The Balaban J connectivity index is 2.14. The molecule has 0 bridgehead atoms. The third-order valence-electron chi connectivity index (χ3n) is 2.11. The zero-order valence-electron chi connectivity index (χ0n) is 9.65. The average molecular weight is 312 g/mol. The first-order valence-corrected chi connectivity index (χ1v) is 6.15. The molecule has 0 saturated carbocycles. The zero-order chi connectivity index (χ0) is 13.0. The van der Waals surface area contributed by atoms with Gasteiger partial charge in [-0.05, 0) is 35.0 Å². The Hall–Kier alpha value is -1.69.